The topological polar surface area (TPSA) is 126 Å². The first-order valence-corrected chi connectivity index (χ1v) is 11.4. The molecule has 0 radical (unpaired) electrons. The van der Waals surface area contributed by atoms with Crippen molar-refractivity contribution in [2.75, 3.05) is 13.7 Å². The highest BCUT2D eigenvalue weighted by Gasteiger charge is 2.23. The molecule has 29 heavy (non-hydrogen) atoms. The lowest BCUT2D eigenvalue weighted by molar-refractivity contribution is -0.121. The molecule has 0 saturated heterocycles. The molecular weight excluding hydrogens is 416 g/mol. The number of carbonyl (C=O) groups is 2. The van der Waals surface area contributed by atoms with Crippen molar-refractivity contribution in [1.29, 1.82) is 0 Å². The third-order valence-corrected chi connectivity index (χ3v) is 6.15. The molecule has 3 amide bonds. The second-order valence-corrected chi connectivity index (χ2v) is 8.55. The number of hydrogen-bond donors (Lipinski definition) is 3. The van der Waals surface area contributed by atoms with E-state index < -0.39 is 16.1 Å². The first kappa shape index (κ1) is 22.6. The number of ether oxygens (including phenoxy) is 1. The average Bonchev–Trinajstić information content (AvgIpc) is 3.21. The van der Waals surface area contributed by atoms with Crippen molar-refractivity contribution in [2.24, 2.45) is 0 Å². The number of nitrogens with zero attached hydrogens (tertiary/aromatic N) is 1. The van der Waals surface area contributed by atoms with Gasteiger partial charge in [-0.25, -0.2) is 22.9 Å². The largest absolute Gasteiger partial charge is 0.492 e. The fourth-order valence-electron chi connectivity index (χ4n) is 2.55. The number of benzene rings is 1. The molecule has 0 saturated carbocycles. The molecule has 9 nitrogen and oxygen atoms in total. The van der Waals surface area contributed by atoms with E-state index in [-0.39, 0.29) is 35.6 Å². The summed E-state index contributed by atoms with van der Waals surface area (Å²) in [6, 6.07) is 3.35. The van der Waals surface area contributed by atoms with Crippen LogP contribution in [0.5, 0.6) is 5.75 Å². The summed E-state index contributed by atoms with van der Waals surface area (Å²) in [6.45, 7) is 3.90. The quantitative estimate of drug-likeness (QED) is 0.547. The van der Waals surface area contributed by atoms with E-state index in [1.54, 1.807) is 19.2 Å². The van der Waals surface area contributed by atoms with Crippen molar-refractivity contribution >= 4 is 33.3 Å². The lowest BCUT2D eigenvalue weighted by atomic mass is 10.1. The van der Waals surface area contributed by atoms with Crippen molar-refractivity contribution in [2.45, 2.75) is 37.6 Å². The summed E-state index contributed by atoms with van der Waals surface area (Å²) in [5, 5.41) is 7.75. The first-order chi connectivity index (χ1) is 13.8. The number of amides is 3. The van der Waals surface area contributed by atoms with Crippen LogP contribution in [0.1, 0.15) is 36.9 Å². The molecule has 1 aromatic heterocycles. The minimum absolute atomic E-state index is 0.0310. The normalized spacial score (nSPS) is 12.1. The van der Waals surface area contributed by atoms with Crippen LogP contribution in [0.4, 0.5) is 4.79 Å². The Morgan fingerprint density at radius 3 is 2.62 bits per heavy atom. The Bertz CT molecular complexity index is 945. The van der Waals surface area contributed by atoms with Gasteiger partial charge in [0.15, 0.2) is 0 Å². The number of sulfonamides is 1. The summed E-state index contributed by atoms with van der Waals surface area (Å²) in [5.41, 5.74) is 0.470. The minimum Gasteiger partial charge on any atom is -0.492 e. The van der Waals surface area contributed by atoms with Gasteiger partial charge in [0.1, 0.15) is 15.7 Å². The number of aromatic nitrogens is 1. The van der Waals surface area contributed by atoms with Gasteiger partial charge in [0, 0.05) is 18.6 Å². The number of rotatable bonds is 9. The van der Waals surface area contributed by atoms with E-state index in [0.717, 1.165) is 5.01 Å². The zero-order valence-corrected chi connectivity index (χ0v) is 18.0. The lowest BCUT2D eigenvalue weighted by Gasteiger charge is -2.16. The smallest absolute Gasteiger partial charge is 0.328 e. The van der Waals surface area contributed by atoms with Gasteiger partial charge in [-0.1, -0.05) is 13.0 Å². The number of carbonyl (C=O) groups excluding carboxylic acids is 2. The summed E-state index contributed by atoms with van der Waals surface area (Å²) >= 11 is 1.46. The van der Waals surface area contributed by atoms with Crippen molar-refractivity contribution in [3.63, 3.8) is 0 Å². The highest BCUT2D eigenvalue weighted by Crippen LogP contribution is 2.26. The van der Waals surface area contributed by atoms with Crippen molar-refractivity contribution < 1.29 is 22.7 Å². The summed E-state index contributed by atoms with van der Waals surface area (Å²) < 4.78 is 32.4. The minimum atomic E-state index is -4.17. The highest BCUT2D eigenvalue weighted by atomic mass is 32.2. The van der Waals surface area contributed by atoms with E-state index in [1.807, 2.05) is 17.0 Å². The third kappa shape index (κ3) is 6.16. The molecule has 1 unspecified atom stereocenters. The zero-order chi connectivity index (χ0) is 21.4. The Kier molecular flexibility index (Phi) is 7.97. The number of thiazole rings is 1. The van der Waals surface area contributed by atoms with E-state index in [9.17, 15) is 18.0 Å². The standard InChI is InChI=1S/C18H24N4O5S2/c1-4-13(17-20-8-9-28-17)21-16(23)11-12-6-7-14(27-5-2)15(10-12)29(25,26)22-18(24)19-3/h6-10,13H,4-5,11H2,1-3H3,(H,21,23)(H2,19,22,24). The SMILES string of the molecule is CCOc1ccc(CC(=O)NC(CC)c2nccs2)cc1S(=O)(=O)NC(=O)NC. The van der Waals surface area contributed by atoms with Crippen molar-refractivity contribution in [1.82, 2.24) is 20.3 Å². The second kappa shape index (κ2) is 10.2. The summed E-state index contributed by atoms with van der Waals surface area (Å²) in [7, 11) is -2.87. The van der Waals surface area contributed by atoms with Crippen LogP contribution in [0.2, 0.25) is 0 Å². The van der Waals surface area contributed by atoms with Gasteiger partial charge in [0.05, 0.1) is 19.1 Å². The number of urea groups is 1. The lowest BCUT2D eigenvalue weighted by Crippen LogP contribution is -2.37. The van der Waals surface area contributed by atoms with E-state index in [4.69, 9.17) is 4.74 Å². The van der Waals surface area contributed by atoms with Gasteiger partial charge < -0.3 is 15.4 Å². The molecule has 2 aromatic rings. The van der Waals surface area contributed by atoms with Gasteiger partial charge in [0.2, 0.25) is 5.91 Å². The Balaban J connectivity index is 2.23. The van der Waals surface area contributed by atoms with Crippen LogP contribution in [0.25, 0.3) is 0 Å². The van der Waals surface area contributed by atoms with Crippen LogP contribution in [0, 0.1) is 0 Å². The van der Waals surface area contributed by atoms with Crippen LogP contribution in [0.3, 0.4) is 0 Å². The fraction of sp³-hybridized carbons (Fsp3) is 0.389. The van der Waals surface area contributed by atoms with Gasteiger partial charge >= 0.3 is 6.03 Å². The van der Waals surface area contributed by atoms with Crippen LogP contribution < -0.4 is 20.1 Å². The predicted molar refractivity (Wildman–Crippen MR) is 109 cm³/mol. The fourth-order valence-corrected chi connectivity index (χ4v) is 4.48. The highest BCUT2D eigenvalue weighted by molar-refractivity contribution is 7.90. The van der Waals surface area contributed by atoms with Gasteiger partial charge in [0.25, 0.3) is 10.0 Å². The van der Waals surface area contributed by atoms with E-state index >= 15 is 0 Å². The summed E-state index contributed by atoms with van der Waals surface area (Å²) in [6.07, 6.45) is 2.33. The van der Waals surface area contributed by atoms with Crippen LogP contribution in [-0.2, 0) is 21.2 Å². The Hall–Kier alpha value is -2.66. The van der Waals surface area contributed by atoms with Gasteiger partial charge in [-0.05, 0) is 31.0 Å². The van der Waals surface area contributed by atoms with Crippen molar-refractivity contribution in [3.05, 3.63) is 40.3 Å². The molecule has 158 valence electrons. The van der Waals surface area contributed by atoms with Crippen LogP contribution in [0.15, 0.2) is 34.7 Å². The Morgan fingerprint density at radius 1 is 1.28 bits per heavy atom. The van der Waals surface area contributed by atoms with Gasteiger partial charge in [-0.2, -0.15) is 0 Å². The molecule has 0 aliphatic carbocycles. The van der Waals surface area contributed by atoms with Crippen LogP contribution >= 0.6 is 11.3 Å². The third-order valence-electron chi connectivity index (χ3n) is 3.91. The maximum Gasteiger partial charge on any atom is 0.328 e. The molecule has 0 aliphatic heterocycles. The molecule has 1 heterocycles. The molecule has 0 spiro atoms. The molecule has 11 heteroatoms. The first-order valence-electron chi connectivity index (χ1n) is 8.99. The molecule has 0 aliphatic rings. The average molecular weight is 441 g/mol. The predicted octanol–water partition coefficient (Wildman–Crippen LogP) is 1.97. The van der Waals surface area contributed by atoms with Gasteiger partial charge in [-0.15, -0.1) is 11.3 Å². The molecular formula is C18H24N4O5S2. The maximum atomic E-state index is 12.6. The molecule has 3 N–H and O–H groups in total. The molecule has 0 bridgehead atoms. The Labute approximate surface area is 173 Å². The summed E-state index contributed by atoms with van der Waals surface area (Å²) in [5.74, 6) is -0.166. The van der Waals surface area contributed by atoms with Crippen LogP contribution in [-0.4, -0.2) is 39.0 Å². The van der Waals surface area contributed by atoms with Gasteiger partial charge in [-0.3, -0.25) is 4.79 Å². The van der Waals surface area contributed by atoms with E-state index in [2.05, 4.69) is 15.6 Å². The molecule has 1 aromatic carbocycles. The number of hydrogen-bond acceptors (Lipinski definition) is 7. The summed E-state index contributed by atoms with van der Waals surface area (Å²) in [4.78, 5) is 28.0. The Morgan fingerprint density at radius 2 is 2.03 bits per heavy atom. The van der Waals surface area contributed by atoms with E-state index in [1.165, 1.54) is 30.5 Å². The molecule has 2 rings (SSSR count). The molecule has 0 fully saturated rings. The van der Waals surface area contributed by atoms with Crippen molar-refractivity contribution in [3.8, 4) is 5.75 Å². The number of nitrogens with one attached hydrogen (secondary N) is 3. The monoisotopic (exact) mass is 440 g/mol. The van der Waals surface area contributed by atoms with E-state index in [0.29, 0.717) is 12.0 Å². The maximum absolute atomic E-state index is 12.6. The molecule has 1 atom stereocenters. The second-order valence-electron chi connectivity index (χ2n) is 5.97. The zero-order valence-electron chi connectivity index (χ0n) is 16.4.